The quantitative estimate of drug-likeness (QED) is 0.683. The van der Waals surface area contributed by atoms with Crippen LogP contribution in [0.15, 0.2) is 10.2 Å². The van der Waals surface area contributed by atoms with Crippen molar-refractivity contribution in [2.45, 2.75) is 54.0 Å². The first-order valence-electron chi connectivity index (χ1n) is 7.18. The summed E-state index contributed by atoms with van der Waals surface area (Å²) in [4.78, 5) is 21.1. The van der Waals surface area contributed by atoms with E-state index < -0.39 is 24.0 Å². The van der Waals surface area contributed by atoms with Crippen LogP contribution in [0.3, 0.4) is 0 Å². The Bertz CT molecular complexity index is 344. The Labute approximate surface area is 122 Å². The van der Waals surface area contributed by atoms with E-state index in [1.54, 1.807) is 0 Å². The molecule has 0 saturated carbocycles. The summed E-state index contributed by atoms with van der Waals surface area (Å²) in [5, 5.41) is 0. The Hall–Kier alpha value is -0.191. The zero-order valence-corrected chi connectivity index (χ0v) is 16.2. The molecule has 0 aromatic rings. The van der Waals surface area contributed by atoms with Gasteiger partial charge in [0.2, 0.25) is 0 Å². The Morgan fingerprint density at radius 2 is 1.68 bits per heavy atom. The standard InChI is InChI=1S/C12H20NO2.3CH3.Sn/c1-5-10-6-8-13(9-7-10)11(14)15-12(2,3)4;;;;/h10H,1,6-9H2,2-4H3;3*1H3;. The molecule has 0 bridgehead atoms. The second-order valence-electron chi connectivity index (χ2n) is 7.52. The van der Waals surface area contributed by atoms with Crippen molar-refractivity contribution in [2.24, 2.45) is 5.92 Å². The first-order valence-corrected chi connectivity index (χ1v) is 17.2. The summed E-state index contributed by atoms with van der Waals surface area (Å²) in [7, 11) is 0. The van der Waals surface area contributed by atoms with Gasteiger partial charge in [0.05, 0.1) is 0 Å². The fraction of sp³-hybridized carbons (Fsp3) is 0.800. The van der Waals surface area contributed by atoms with Gasteiger partial charge in [-0.1, -0.05) is 0 Å². The zero-order chi connectivity index (χ0) is 14.8. The number of rotatable bonds is 2. The maximum atomic E-state index is 12.0. The summed E-state index contributed by atoms with van der Waals surface area (Å²) >= 11 is -1.99. The van der Waals surface area contributed by atoms with E-state index in [1.165, 1.54) is 3.59 Å². The van der Waals surface area contributed by atoms with Crippen LogP contribution >= 0.6 is 0 Å². The number of ether oxygens (including phenoxy) is 1. The predicted octanol–water partition coefficient (Wildman–Crippen LogP) is 4.07. The third-order valence-electron chi connectivity index (χ3n) is 3.60. The molecule has 1 aliphatic heterocycles. The number of carbonyl (C=O) groups excluding carboxylic acids is 1. The van der Waals surface area contributed by atoms with Crippen molar-refractivity contribution in [1.82, 2.24) is 4.90 Å². The van der Waals surface area contributed by atoms with Crippen molar-refractivity contribution in [1.29, 1.82) is 0 Å². The van der Waals surface area contributed by atoms with Crippen molar-refractivity contribution in [3.63, 3.8) is 0 Å². The molecule has 0 unspecified atom stereocenters. The van der Waals surface area contributed by atoms with Gasteiger partial charge in [0.25, 0.3) is 0 Å². The monoisotopic (exact) mass is 375 g/mol. The molecule has 0 spiro atoms. The molecule has 0 atom stereocenters. The van der Waals surface area contributed by atoms with Crippen LogP contribution < -0.4 is 0 Å². The molecule has 1 saturated heterocycles. The summed E-state index contributed by atoms with van der Waals surface area (Å²) < 4.78 is 6.93. The van der Waals surface area contributed by atoms with Crippen molar-refractivity contribution in [2.75, 3.05) is 13.1 Å². The fourth-order valence-corrected chi connectivity index (χ4v) is 6.67. The number of amides is 1. The Balaban J connectivity index is 2.50. The van der Waals surface area contributed by atoms with Gasteiger partial charge >= 0.3 is 122 Å². The second kappa shape index (κ2) is 6.06. The number of likely N-dealkylation sites (tertiary alicyclic amines) is 1. The predicted molar refractivity (Wildman–Crippen MR) is 83.0 cm³/mol. The number of allylic oxidation sites excluding steroid dienone is 1. The molecule has 0 aliphatic carbocycles. The maximum absolute atomic E-state index is 12.0. The van der Waals surface area contributed by atoms with Crippen molar-refractivity contribution in [3.8, 4) is 0 Å². The Kier molecular flexibility index (Phi) is 5.38. The Morgan fingerprint density at radius 3 is 2.05 bits per heavy atom. The molecule has 19 heavy (non-hydrogen) atoms. The van der Waals surface area contributed by atoms with E-state index in [4.69, 9.17) is 4.74 Å². The summed E-state index contributed by atoms with van der Waals surface area (Å²) in [5.41, 5.74) is -0.403. The van der Waals surface area contributed by atoms with Gasteiger partial charge in [0, 0.05) is 0 Å². The Morgan fingerprint density at radius 1 is 1.21 bits per heavy atom. The van der Waals surface area contributed by atoms with Gasteiger partial charge in [0.15, 0.2) is 0 Å². The molecule has 1 heterocycles. The topological polar surface area (TPSA) is 29.5 Å². The van der Waals surface area contributed by atoms with Crippen LogP contribution in [0.4, 0.5) is 4.79 Å². The van der Waals surface area contributed by atoms with Crippen LogP contribution in [-0.4, -0.2) is 48.1 Å². The number of carbonyl (C=O) groups is 1. The molecule has 4 heteroatoms. The molecule has 0 aromatic carbocycles. The SMILES string of the molecule is C=[C](C1CCN(C(=O)OC(C)(C)C)CC1)[Sn]([CH3])([CH3])[CH3]. The first-order chi connectivity index (χ1) is 8.50. The summed E-state index contributed by atoms with van der Waals surface area (Å²) in [6, 6.07) is 0. The minimum atomic E-state index is -1.99. The molecule has 1 rings (SSSR count). The summed E-state index contributed by atoms with van der Waals surface area (Å²) in [6.45, 7) is 11.7. The number of hydrogen-bond acceptors (Lipinski definition) is 2. The summed E-state index contributed by atoms with van der Waals surface area (Å²) in [6.07, 6.45) is 1.93. The summed E-state index contributed by atoms with van der Waals surface area (Å²) in [5.74, 6) is 0.620. The van der Waals surface area contributed by atoms with Crippen molar-refractivity contribution < 1.29 is 9.53 Å². The number of piperidine rings is 1. The molecule has 0 radical (unpaired) electrons. The molecule has 0 aromatic heterocycles. The molecule has 1 aliphatic rings. The average molecular weight is 374 g/mol. The van der Waals surface area contributed by atoms with E-state index in [0.717, 1.165) is 25.9 Å². The molecule has 1 fully saturated rings. The van der Waals surface area contributed by atoms with Gasteiger partial charge in [-0.15, -0.1) is 0 Å². The molecule has 3 nitrogen and oxygen atoms in total. The first kappa shape index (κ1) is 16.9. The molecular weight excluding hydrogens is 345 g/mol. The van der Waals surface area contributed by atoms with Crippen LogP contribution in [0, 0.1) is 5.92 Å². The molecule has 0 N–H and O–H groups in total. The van der Waals surface area contributed by atoms with E-state index in [9.17, 15) is 4.79 Å². The molecular formula is C15H29NO2Sn. The van der Waals surface area contributed by atoms with Gasteiger partial charge < -0.3 is 0 Å². The molecule has 110 valence electrons. The van der Waals surface area contributed by atoms with Crippen LogP contribution in [-0.2, 0) is 4.74 Å². The fourth-order valence-electron chi connectivity index (χ4n) is 2.35. The second-order valence-corrected chi connectivity index (χ2v) is 22.2. The normalized spacial score (nSPS) is 18.3. The van der Waals surface area contributed by atoms with Crippen molar-refractivity contribution >= 4 is 24.5 Å². The van der Waals surface area contributed by atoms with Crippen LogP contribution in [0.25, 0.3) is 0 Å². The van der Waals surface area contributed by atoms with E-state index >= 15 is 0 Å². The van der Waals surface area contributed by atoms with E-state index in [1.807, 2.05) is 25.7 Å². The minimum absolute atomic E-state index is 0.171. The number of nitrogens with zero attached hydrogens (tertiary/aromatic N) is 1. The van der Waals surface area contributed by atoms with E-state index in [2.05, 4.69) is 21.4 Å². The van der Waals surface area contributed by atoms with Gasteiger partial charge in [-0.3, -0.25) is 0 Å². The van der Waals surface area contributed by atoms with Crippen LogP contribution in [0.2, 0.25) is 14.8 Å². The third kappa shape index (κ3) is 5.36. The van der Waals surface area contributed by atoms with E-state index in [0.29, 0.717) is 5.92 Å². The van der Waals surface area contributed by atoms with E-state index in [-0.39, 0.29) is 6.09 Å². The van der Waals surface area contributed by atoms with Crippen LogP contribution in [0.5, 0.6) is 0 Å². The van der Waals surface area contributed by atoms with Gasteiger partial charge in [-0.25, -0.2) is 0 Å². The van der Waals surface area contributed by atoms with Gasteiger partial charge in [0.1, 0.15) is 0 Å². The van der Waals surface area contributed by atoms with Gasteiger partial charge in [-0.05, 0) is 0 Å². The molecule has 1 amide bonds. The van der Waals surface area contributed by atoms with Crippen molar-refractivity contribution in [3.05, 3.63) is 10.2 Å². The van der Waals surface area contributed by atoms with Gasteiger partial charge in [-0.2, -0.15) is 0 Å². The van der Waals surface area contributed by atoms with Crippen LogP contribution in [0.1, 0.15) is 33.6 Å². The third-order valence-corrected chi connectivity index (χ3v) is 10.3. The number of hydrogen-bond donors (Lipinski definition) is 0. The average Bonchev–Trinajstić information content (AvgIpc) is 2.24. The zero-order valence-electron chi connectivity index (χ0n) is 13.4.